The summed E-state index contributed by atoms with van der Waals surface area (Å²) in [6.07, 6.45) is 3.27. The molecule has 1 aromatic carbocycles. The van der Waals surface area contributed by atoms with Crippen LogP contribution in [0.5, 0.6) is 0 Å². The minimum atomic E-state index is -0.355. The van der Waals surface area contributed by atoms with E-state index in [4.69, 9.17) is 4.74 Å². The highest BCUT2D eigenvalue weighted by molar-refractivity contribution is 5.95. The van der Waals surface area contributed by atoms with Crippen molar-refractivity contribution in [2.24, 2.45) is 0 Å². The Morgan fingerprint density at radius 3 is 2.14 bits per heavy atom. The number of benzene rings is 1. The zero-order valence-electron chi connectivity index (χ0n) is 13.1. The minimum absolute atomic E-state index is 0.0301. The summed E-state index contributed by atoms with van der Waals surface area (Å²) < 4.78 is 6.87. The van der Waals surface area contributed by atoms with E-state index in [0.29, 0.717) is 11.1 Å². The lowest BCUT2D eigenvalue weighted by Gasteiger charge is -2.06. The quantitative estimate of drug-likeness (QED) is 0.484. The molecule has 0 fully saturated rings. The number of aromatic nitrogens is 1. The molecule has 0 aliphatic carbocycles. The first-order chi connectivity index (χ1) is 10.5. The molecule has 2 aromatic rings. The summed E-state index contributed by atoms with van der Waals surface area (Å²) in [5, 5.41) is 0. The molecule has 0 bridgehead atoms. The molecule has 0 aliphatic rings. The van der Waals surface area contributed by atoms with Gasteiger partial charge in [0, 0.05) is 17.7 Å². The Morgan fingerprint density at radius 1 is 1.00 bits per heavy atom. The Morgan fingerprint density at radius 2 is 1.59 bits per heavy atom. The number of nitrogens with zero attached hydrogens (tertiary/aromatic N) is 1. The van der Waals surface area contributed by atoms with Crippen LogP contribution in [0.15, 0.2) is 48.8 Å². The number of Topliss-reactive ketones (excluding diaryl/α,β-unsaturated/α-hetero) is 1. The second-order valence-electron chi connectivity index (χ2n) is 5.50. The van der Waals surface area contributed by atoms with Gasteiger partial charge in [-0.25, -0.2) is 4.79 Å². The number of pyridine rings is 1. The fourth-order valence-electron chi connectivity index (χ4n) is 1.98. The zero-order valence-corrected chi connectivity index (χ0v) is 13.1. The molecule has 0 aliphatic heterocycles. The van der Waals surface area contributed by atoms with Gasteiger partial charge in [-0.1, -0.05) is 29.8 Å². The van der Waals surface area contributed by atoms with Crippen molar-refractivity contribution < 1.29 is 18.9 Å². The molecule has 0 unspecified atom stereocenters. The molecule has 0 saturated carbocycles. The molecule has 0 amide bonds. The first-order valence-electron chi connectivity index (χ1n) is 7.25. The Balaban J connectivity index is 2.03. The van der Waals surface area contributed by atoms with Crippen molar-refractivity contribution in [3.63, 3.8) is 0 Å². The van der Waals surface area contributed by atoms with Gasteiger partial charge in [0.05, 0.1) is 11.7 Å². The van der Waals surface area contributed by atoms with E-state index >= 15 is 0 Å². The Bertz CT molecular complexity index is 658. The number of rotatable bonds is 5. The summed E-state index contributed by atoms with van der Waals surface area (Å²) in [5.41, 5.74) is 2.28. The Labute approximate surface area is 130 Å². The summed E-state index contributed by atoms with van der Waals surface area (Å²) in [6, 6.07) is 10.8. The SMILES string of the molecule is Cc1ccc(C(=O)C[n+]2ccc(C(=O)OC(C)C)cc2)cc1. The van der Waals surface area contributed by atoms with Crippen LogP contribution in [-0.2, 0) is 11.3 Å². The van der Waals surface area contributed by atoms with E-state index in [9.17, 15) is 9.59 Å². The molecule has 4 nitrogen and oxygen atoms in total. The van der Waals surface area contributed by atoms with Gasteiger partial charge in [-0.15, -0.1) is 0 Å². The highest BCUT2D eigenvalue weighted by atomic mass is 16.5. The Hall–Kier alpha value is -2.49. The predicted octanol–water partition coefficient (Wildman–Crippen LogP) is 2.73. The molecule has 1 aromatic heterocycles. The van der Waals surface area contributed by atoms with Gasteiger partial charge in [-0.05, 0) is 20.8 Å². The number of esters is 1. The van der Waals surface area contributed by atoms with Gasteiger partial charge >= 0.3 is 5.97 Å². The van der Waals surface area contributed by atoms with Gasteiger partial charge in [0.15, 0.2) is 12.4 Å². The molecule has 0 spiro atoms. The third kappa shape index (κ3) is 4.25. The van der Waals surface area contributed by atoms with Crippen molar-refractivity contribution in [2.45, 2.75) is 33.4 Å². The molecule has 0 saturated heterocycles. The maximum atomic E-state index is 12.2. The van der Waals surface area contributed by atoms with Crippen LogP contribution in [0.2, 0.25) is 0 Å². The average molecular weight is 298 g/mol. The van der Waals surface area contributed by atoms with Gasteiger partial charge in [0.2, 0.25) is 12.3 Å². The molecule has 4 heteroatoms. The van der Waals surface area contributed by atoms with Crippen molar-refractivity contribution >= 4 is 11.8 Å². The highest BCUT2D eigenvalue weighted by Gasteiger charge is 2.14. The van der Waals surface area contributed by atoms with Crippen LogP contribution in [0.3, 0.4) is 0 Å². The highest BCUT2D eigenvalue weighted by Crippen LogP contribution is 2.05. The number of ketones is 1. The van der Waals surface area contributed by atoms with Crippen molar-refractivity contribution in [1.29, 1.82) is 0 Å². The van der Waals surface area contributed by atoms with Gasteiger partial charge in [-0.2, -0.15) is 4.57 Å². The summed E-state index contributed by atoms with van der Waals surface area (Å²) in [6.45, 7) is 5.84. The number of ether oxygens (including phenoxy) is 1. The lowest BCUT2D eigenvalue weighted by molar-refractivity contribution is -0.683. The van der Waals surface area contributed by atoms with E-state index in [1.807, 2.05) is 31.2 Å². The first-order valence-corrected chi connectivity index (χ1v) is 7.25. The smallest absolute Gasteiger partial charge is 0.338 e. The lowest BCUT2D eigenvalue weighted by atomic mass is 10.1. The lowest BCUT2D eigenvalue weighted by Crippen LogP contribution is -2.37. The third-order valence-corrected chi connectivity index (χ3v) is 3.17. The predicted molar refractivity (Wildman–Crippen MR) is 82.7 cm³/mol. The number of carbonyl (C=O) groups is 2. The van der Waals surface area contributed by atoms with E-state index in [-0.39, 0.29) is 24.4 Å². The fraction of sp³-hybridized carbons (Fsp3) is 0.278. The third-order valence-electron chi connectivity index (χ3n) is 3.17. The number of hydrogen-bond donors (Lipinski definition) is 0. The van der Waals surface area contributed by atoms with Crippen LogP contribution in [-0.4, -0.2) is 17.9 Å². The van der Waals surface area contributed by atoms with Crippen LogP contribution < -0.4 is 4.57 Å². The topological polar surface area (TPSA) is 47.2 Å². The zero-order chi connectivity index (χ0) is 16.1. The molecular weight excluding hydrogens is 278 g/mol. The first kappa shape index (κ1) is 15.9. The van der Waals surface area contributed by atoms with Crippen LogP contribution >= 0.6 is 0 Å². The maximum Gasteiger partial charge on any atom is 0.338 e. The number of carbonyl (C=O) groups excluding carboxylic acids is 2. The van der Waals surface area contributed by atoms with Crippen LogP contribution in [0.25, 0.3) is 0 Å². The second kappa shape index (κ2) is 6.98. The summed E-state index contributed by atoms with van der Waals surface area (Å²) >= 11 is 0. The largest absolute Gasteiger partial charge is 0.459 e. The van der Waals surface area contributed by atoms with Crippen molar-refractivity contribution in [3.05, 3.63) is 65.5 Å². The standard InChI is InChI=1S/C18H20NO3/c1-13(2)22-18(21)16-8-10-19(11-9-16)12-17(20)15-6-4-14(3)5-7-15/h4-11,13H,12H2,1-3H3/q+1. The summed E-state index contributed by atoms with van der Waals surface area (Å²) in [4.78, 5) is 23.9. The van der Waals surface area contributed by atoms with Gasteiger partial charge < -0.3 is 4.74 Å². The molecule has 114 valence electrons. The van der Waals surface area contributed by atoms with E-state index in [0.717, 1.165) is 5.56 Å². The van der Waals surface area contributed by atoms with E-state index in [2.05, 4.69) is 0 Å². The Kier molecular flexibility index (Phi) is 5.04. The van der Waals surface area contributed by atoms with Crippen molar-refractivity contribution in [3.8, 4) is 0 Å². The summed E-state index contributed by atoms with van der Waals surface area (Å²) in [7, 11) is 0. The molecular formula is C18H20NO3+. The average Bonchev–Trinajstić information content (AvgIpc) is 2.48. The minimum Gasteiger partial charge on any atom is -0.459 e. The van der Waals surface area contributed by atoms with Gasteiger partial charge in [0.1, 0.15) is 0 Å². The second-order valence-corrected chi connectivity index (χ2v) is 5.50. The van der Waals surface area contributed by atoms with E-state index < -0.39 is 0 Å². The molecule has 1 heterocycles. The van der Waals surface area contributed by atoms with Crippen molar-refractivity contribution in [1.82, 2.24) is 0 Å². The normalized spacial score (nSPS) is 10.5. The number of hydrogen-bond acceptors (Lipinski definition) is 3. The van der Waals surface area contributed by atoms with E-state index in [1.165, 1.54) is 0 Å². The molecule has 0 atom stereocenters. The molecule has 22 heavy (non-hydrogen) atoms. The monoisotopic (exact) mass is 298 g/mol. The fourth-order valence-corrected chi connectivity index (χ4v) is 1.98. The summed E-state index contributed by atoms with van der Waals surface area (Å²) in [5.74, 6) is -0.325. The van der Waals surface area contributed by atoms with E-state index in [1.54, 1.807) is 42.9 Å². The van der Waals surface area contributed by atoms with Crippen LogP contribution in [0.4, 0.5) is 0 Å². The van der Waals surface area contributed by atoms with Crippen molar-refractivity contribution in [2.75, 3.05) is 0 Å². The van der Waals surface area contributed by atoms with Gasteiger partial charge in [-0.3, -0.25) is 4.79 Å². The van der Waals surface area contributed by atoms with Gasteiger partial charge in [0.25, 0.3) is 0 Å². The van der Waals surface area contributed by atoms with Crippen LogP contribution in [0, 0.1) is 6.92 Å². The molecule has 0 N–H and O–H groups in total. The van der Waals surface area contributed by atoms with Crippen LogP contribution in [0.1, 0.15) is 40.1 Å². The molecule has 0 radical (unpaired) electrons. The maximum absolute atomic E-state index is 12.2. The number of aryl methyl sites for hydroxylation is 1. The molecule has 2 rings (SSSR count).